The number of ether oxygens (including phenoxy) is 3. The van der Waals surface area contributed by atoms with Crippen LogP contribution in [0.1, 0.15) is 36.1 Å². The highest BCUT2D eigenvalue weighted by molar-refractivity contribution is 5.97. The minimum absolute atomic E-state index is 0.204. The number of hydrogen-bond donors (Lipinski definition) is 1. The number of hydrogen-bond acceptors (Lipinski definition) is 5. The molecular weight excluding hydrogens is 396 g/mol. The van der Waals surface area contributed by atoms with E-state index in [1.54, 1.807) is 6.07 Å². The quantitative estimate of drug-likeness (QED) is 0.563. The molecule has 0 aliphatic heterocycles. The van der Waals surface area contributed by atoms with Crippen LogP contribution in [0.15, 0.2) is 42.5 Å². The molecule has 1 atom stereocenters. The third-order valence-corrected chi connectivity index (χ3v) is 5.74. The van der Waals surface area contributed by atoms with Crippen LogP contribution in [0, 0.1) is 0 Å². The predicted molar refractivity (Wildman–Crippen MR) is 116 cm³/mol. The normalized spacial score (nSPS) is 15.0. The average Bonchev–Trinajstić information content (AvgIpc) is 3.33. The molecule has 7 nitrogen and oxygen atoms in total. The first-order valence-electron chi connectivity index (χ1n) is 10.4. The van der Waals surface area contributed by atoms with Gasteiger partial charge in [0.1, 0.15) is 11.5 Å². The molecule has 7 heteroatoms. The minimum Gasteiger partial charge on any atom is -0.494 e. The average molecular weight is 422 g/mol. The van der Waals surface area contributed by atoms with Gasteiger partial charge in [-0.15, -0.1) is 0 Å². The molecule has 1 amide bonds. The Kier molecular flexibility index (Phi) is 5.84. The molecule has 0 saturated carbocycles. The van der Waals surface area contributed by atoms with Crippen LogP contribution >= 0.6 is 0 Å². The molecule has 1 unspecified atom stereocenters. The summed E-state index contributed by atoms with van der Waals surface area (Å²) in [5.41, 5.74) is 9.69. The number of amides is 1. The summed E-state index contributed by atoms with van der Waals surface area (Å²) in [5.74, 6) is 0.177. The van der Waals surface area contributed by atoms with Gasteiger partial charge < -0.3 is 24.5 Å². The fourth-order valence-corrected chi connectivity index (χ4v) is 4.40. The third kappa shape index (κ3) is 3.83. The van der Waals surface area contributed by atoms with Gasteiger partial charge in [-0.1, -0.05) is 24.3 Å². The van der Waals surface area contributed by atoms with Gasteiger partial charge in [-0.2, -0.15) is 0 Å². The van der Waals surface area contributed by atoms with E-state index >= 15 is 0 Å². The summed E-state index contributed by atoms with van der Waals surface area (Å²) < 4.78 is 18.5. The zero-order valence-corrected chi connectivity index (χ0v) is 17.7. The lowest BCUT2D eigenvalue weighted by molar-refractivity contribution is -0.142. The fraction of sp³-hybridized carbons (Fsp3) is 0.333. The van der Waals surface area contributed by atoms with Gasteiger partial charge in [-0.3, -0.25) is 4.79 Å². The highest BCUT2D eigenvalue weighted by Crippen LogP contribution is 2.44. The van der Waals surface area contributed by atoms with E-state index in [4.69, 9.17) is 19.9 Å². The SMILES string of the molecule is CCOc1ccccc1Cn1c2c(c3c(OCC(=O)OC)cccc31)C(C(N)=O)CC2. The van der Waals surface area contributed by atoms with E-state index in [9.17, 15) is 9.59 Å². The van der Waals surface area contributed by atoms with Crippen molar-refractivity contribution in [1.29, 1.82) is 0 Å². The number of nitrogens with two attached hydrogens (primary N) is 1. The number of carbonyl (C=O) groups is 2. The topological polar surface area (TPSA) is 92.8 Å². The lowest BCUT2D eigenvalue weighted by Crippen LogP contribution is -2.19. The number of benzene rings is 2. The summed E-state index contributed by atoms with van der Waals surface area (Å²) >= 11 is 0. The van der Waals surface area contributed by atoms with Crippen molar-refractivity contribution >= 4 is 22.8 Å². The Morgan fingerprint density at radius 3 is 2.61 bits per heavy atom. The van der Waals surface area contributed by atoms with E-state index in [1.807, 2.05) is 43.3 Å². The number of primary amides is 1. The molecule has 2 N–H and O–H groups in total. The highest BCUT2D eigenvalue weighted by atomic mass is 16.6. The largest absolute Gasteiger partial charge is 0.494 e. The van der Waals surface area contributed by atoms with Gasteiger partial charge in [0, 0.05) is 16.6 Å². The molecule has 1 aliphatic rings. The Bertz CT molecular complexity index is 1130. The van der Waals surface area contributed by atoms with Gasteiger partial charge in [0.15, 0.2) is 6.61 Å². The first-order chi connectivity index (χ1) is 15.0. The molecule has 1 heterocycles. The second kappa shape index (κ2) is 8.71. The van der Waals surface area contributed by atoms with E-state index in [2.05, 4.69) is 4.57 Å². The summed E-state index contributed by atoms with van der Waals surface area (Å²) in [6, 6.07) is 13.6. The van der Waals surface area contributed by atoms with Crippen LogP contribution in [-0.4, -0.2) is 36.8 Å². The summed E-state index contributed by atoms with van der Waals surface area (Å²) in [6.45, 7) is 2.93. The van der Waals surface area contributed by atoms with Crippen LogP contribution in [0.25, 0.3) is 10.9 Å². The fourth-order valence-electron chi connectivity index (χ4n) is 4.40. The third-order valence-electron chi connectivity index (χ3n) is 5.74. The number of para-hydroxylation sites is 1. The molecule has 3 aromatic rings. The second-order valence-electron chi connectivity index (χ2n) is 7.50. The zero-order chi connectivity index (χ0) is 22.0. The number of carbonyl (C=O) groups excluding carboxylic acids is 2. The van der Waals surface area contributed by atoms with Crippen molar-refractivity contribution in [1.82, 2.24) is 4.57 Å². The maximum absolute atomic E-state index is 12.2. The molecule has 4 rings (SSSR count). The Morgan fingerprint density at radius 1 is 1.10 bits per heavy atom. The van der Waals surface area contributed by atoms with Crippen LogP contribution in [0.4, 0.5) is 0 Å². The summed E-state index contributed by atoms with van der Waals surface area (Å²) in [4.78, 5) is 23.8. The molecule has 0 saturated heterocycles. The van der Waals surface area contributed by atoms with Crippen molar-refractivity contribution in [3.05, 3.63) is 59.3 Å². The number of aromatic nitrogens is 1. The lowest BCUT2D eigenvalue weighted by atomic mass is 9.99. The molecule has 0 bridgehead atoms. The van der Waals surface area contributed by atoms with Crippen molar-refractivity contribution in [2.45, 2.75) is 32.2 Å². The van der Waals surface area contributed by atoms with E-state index in [0.717, 1.165) is 39.9 Å². The Hall–Kier alpha value is -3.48. The van der Waals surface area contributed by atoms with Gasteiger partial charge in [0.2, 0.25) is 5.91 Å². The molecule has 0 spiro atoms. The number of rotatable bonds is 8. The molecular formula is C24H26N2O5. The molecule has 1 aromatic heterocycles. The Balaban J connectivity index is 1.85. The van der Waals surface area contributed by atoms with Crippen LogP contribution in [-0.2, 0) is 27.3 Å². The van der Waals surface area contributed by atoms with Crippen molar-refractivity contribution in [3.8, 4) is 11.5 Å². The van der Waals surface area contributed by atoms with Crippen molar-refractivity contribution < 1.29 is 23.8 Å². The van der Waals surface area contributed by atoms with Crippen LogP contribution in [0.2, 0.25) is 0 Å². The van der Waals surface area contributed by atoms with Gasteiger partial charge >= 0.3 is 5.97 Å². The molecule has 31 heavy (non-hydrogen) atoms. The maximum Gasteiger partial charge on any atom is 0.343 e. The number of nitrogens with zero attached hydrogens (tertiary/aromatic N) is 1. The monoisotopic (exact) mass is 422 g/mol. The summed E-state index contributed by atoms with van der Waals surface area (Å²) in [6.07, 6.45) is 1.40. The smallest absolute Gasteiger partial charge is 0.343 e. The predicted octanol–water partition coefficient (Wildman–Crippen LogP) is 3.16. The van der Waals surface area contributed by atoms with Crippen LogP contribution < -0.4 is 15.2 Å². The number of methoxy groups -OCH3 is 1. The first kappa shape index (κ1) is 20.8. The van der Waals surface area contributed by atoms with Gasteiger partial charge in [-0.05, 0) is 43.5 Å². The number of fused-ring (bicyclic) bond motifs is 3. The van der Waals surface area contributed by atoms with Crippen LogP contribution in [0.5, 0.6) is 11.5 Å². The summed E-state index contributed by atoms with van der Waals surface area (Å²) in [5, 5.41) is 0.830. The molecule has 2 aromatic carbocycles. The van der Waals surface area contributed by atoms with Gasteiger partial charge in [0.05, 0.1) is 31.7 Å². The molecule has 1 aliphatic carbocycles. The second-order valence-corrected chi connectivity index (χ2v) is 7.50. The highest BCUT2D eigenvalue weighted by Gasteiger charge is 2.34. The minimum atomic E-state index is -0.467. The van der Waals surface area contributed by atoms with Crippen molar-refractivity contribution in [2.75, 3.05) is 20.3 Å². The first-order valence-corrected chi connectivity index (χ1v) is 10.4. The van der Waals surface area contributed by atoms with E-state index in [-0.39, 0.29) is 18.4 Å². The van der Waals surface area contributed by atoms with Crippen molar-refractivity contribution in [3.63, 3.8) is 0 Å². The maximum atomic E-state index is 12.2. The van der Waals surface area contributed by atoms with E-state index < -0.39 is 5.97 Å². The Labute approximate surface area is 180 Å². The molecule has 162 valence electrons. The van der Waals surface area contributed by atoms with E-state index in [1.165, 1.54) is 7.11 Å². The number of esters is 1. The van der Waals surface area contributed by atoms with Crippen LogP contribution in [0.3, 0.4) is 0 Å². The van der Waals surface area contributed by atoms with E-state index in [0.29, 0.717) is 25.3 Å². The molecule has 0 fully saturated rings. The van der Waals surface area contributed by atoms with Crippen molar-refractivity contribution in [2.24, 2.45) is 5.73 Å². The van der Waals surface area contributed by atoms with Gasteiger partial charge in [-0.25, -0.2) is 4.79 Å². The molecule has 0 radical (unpaired) electrons. The van der Waals surface area contributed by atoms with Gasteiger partial charge in [0.25, 0.3) is 0 Å². The zero-order valence-electron chi connectivity index (χ0n) is 17.7. The Morgan fingerprint density at radius 2 is 1.87 bits per heavy atom. The lowest BCUT2D eigenvalue weighted by Gasteiger charge is -2.14. The summed E-state index contributed by atoms with van der Waals surface area (Å²) in [7, 11) is 1.32. The standard InChI is InChI=1S/C24H26N2O5/c1-3-30-19-9-5-4-7-15(19)13-26-17-8-6-10-20(31-14-21(27)29-2)23(17)22-16(24(25)28)11-12-18(22)26/h4-10,16H,3,11-14H2,1-2H3,(H2,25,28).